The third-order valence-corrected chi connectivity index (χ3v) is 5.50. The number of rotatable bonds is 4. The smallest absolute Gasteiger partial charge is 0.303 e. The molecule has 21 heavy (non-hydrogen) atoms. The summed E-state index contributed by atoms with van der Waals surface area (Å²) >= 11 is 3.56. The van der Waals surface area contributed by atoms with Gasteiger partial charge in [0.15, 0.2) is 0 Å². The van der Waals surface area contributed by atoms with Gasteiger partial charge in [-0.05, 0) is 74.4 Å². The van der Waals surface area contributed by atoms with Crippen molar-refractivity contribution in [3.05, 3.63) is 33.8 Å². The van der Waals surface area contributed by atoms with Crippen LogP contribution in [0.15, 0.2) is 22.7 Å². The minimum atomic E-state index is -0.660. The van der Waals surface area contributed by atoms with E-state index in [9.17, 15) is 4.79 Å². The zero-order valence-corrected chi connectivity index (χ0v) is 13.8. The number of fused-ring (bicyclic) bond motifs is 1. The summed E-state index contributed by atoms with van der Waals surface area (Å²) in [7, 11) is 0. The Balaban J connectivity index is 1.58. The van der Waals surface area contributed by atoms with E-state index in [0.29, 0.717) is 18.4 Å². The monoisotopic (exact) mass is 351 g/mol. The van der Waals surface area contributed by atoms with Gasteiger partial charge in [-0.1, -0.05) is 22.0 Å². The fraction of sp³-hybridized carbons (Fsp3) is 0.588. The Kier molecular flexibility index (Phi) is 4.65. The van der Waals surface area contributed by atoms with Crippen LogP contribution in [0, 0.1) is 5.92 Å². The third kappa shape index (κ3) is 3.49. The molecule has 4 heteroatoms. The summed E-state index contributed by atoms with van der Waals surface area (Å²) in [5.74, 6) is -0.0594. The second-order valence-electron chi connectivity index (χ2n) is 6.31. The molecule has 0 saturated carbocycles. The minimum absolute atomic E-state index is 0.324. The van der Waals surface area contributed by atoms with E-state index in [0.717, 1.165) is 32.4 Å². The topological polar surface area (TPSA) is 40.5 Å². The van der Waals surface area contributed by atoms with E-state index >= 15 is 0 Å². The van der Waals surface area contributed by atoms with E-state index < -0.39 is 5.97 Å². The highest BCUT2D eigenvalue weighted by atomic mass is 79.9. The standard InChI is InChI=1S/C17H22BrNO2/c18-14-3-4-15-13(11-14)2-5-16(15)19-9-7-12(8-10-19)1-6-17(20)21/h3-4,11-12,16H,1-2,5-10H2,(H,20,21). The highest BCUT2D eigenvalue weighted by Gasteiger charge is 2.30. The number of carboxylic acid groups (broad SMARTS) is 1. The molecule has 3 nitrogen and oxygen atoms in total. The third-order valence-electron chi connectivity index (χ3n) is 5.01. The summed E-state index contributed by atoms with van der Waals surface area (Å²) in [4.78, 5) is 13.3. The van der Waals surface area contributed by atoms with Gasteiger partial charge in [-0.3, -0.25) is 9.69 Å². The molecule has 1 aromatic carbocycles. The molecule has 1 unspecified atom stereocenters. The predicted molar refractivity (Wildman–Crippen MR) is 86.4 cm³/mol. The second kappa shape index (κ2) is 6.49. The zero-order valence-electron chi connectivity index (χ0n) is 12.2. The van der Waals surface area contributed by atoms with Gasteiger partial charge in [0.05, 0.1) is 0 Å². The Bertz CT molecular complexity index is 524. The number of carboxylic acids is 1. The van der Waals surface area contributed by atoms with E-state index in [1.165, 1.54) is 28.4 Å². The maximum absolute atomic E-state index is 10.7. The molecule has 1 N–H and O–H groups in total. The minimum Gasteiger partial charge on any atom is -0.481 e. The van der Waals surface area contributed by atoms with Crippen LogP contribution in [0.1, 0.15) is 49.3 Å². The Morgan fingerprint density at radius 2 is 2.05 bits per heavy atom. The lowest BCUT2D eigenvalue weighted by Crippen LogP contribution is -2.36. The van der Waals surface area contributed by atoms with E-state index in [2.05, 4.69) is 39.0 Å². The molecule has 0 spiro atoms. The molecule has 0 radical (unpaired) electrons. The summed E-state index contributed by atoms with van der Waals surface area (Å²) in [5.41, 5.74) is 2.99. The molecule has 1 heterocycles. The van der Waals surface area contributed by atoms with Gasteiger partial charge in [-0.25, -0.2) is 0 Å². The fourth-order valence-corrected chi connectivity index (χ4v) is 4.23. The van der Waals surface area contributed by atoms with Crippen LogP contribution in [0.4, 0.5) is 0 Å². The number of aryl methyl sites for hydroxylation is 1. The van der Waals surface area contributed by atoms with Crippen molar-refractivity contribution in [2.45, 2.75) is 44.6 Å². The van der Waals surface area contributed by atoms with Gasteiger partial charge in [0.1, 0.15) is 0 Å². The average Bonchev–Trinajstić information content (AvgIpc) is 2.88. The maximum Gasteiger partial charge on any atom is 0.303 e. The van der Waals surface area contributed by atoms with Crippen LogP contribution in [0.5, 0.6) is 0 Å². The molecule has 0 amide bonds. The van der Waals surface area contributed by atoms with Crippen LogP contribution in [0.3, 0.4) is 0 Å². The van der Waals surface area contributed by atoms with Crippen molar-refractivity contribution in [3.8, 4) is 0 Å². The van der Waals surface area contributed by atoms with Gasteiger partial charge in [-0.15, -0.1) is 0 Å². The number of aliphatic carboxylic acids is 1. The van der Waals surface area contributed by atoms with Crippen molar-refractivity contribution in [2.75, 3.05) is 13.1 Å². The van der Waals surface area contributed by atoms with Crippen LogP contribution in [-0.2, 0) is 11.2 Å². The van der Waals surface area contributed by atoms with Gasteiger partial charge in [-0.2, -0.15) is 0 Å². The number of piperidine rings is 1. The molecule has 2 aliphatic rings. The summed E-state index contributed by atoms with van der Waals surface area (Å²) in [5, 5.41) is 8.79. The maximum atomic E-state index is 10.7. The Morgan fingerprint density at radius 1 is 1.29 bits per heavy atom. The van der Waals surface area contributed by atoms with Crippen LogP contribution in [-0.4, -0.2) is 29.1 Å². The quantitative estimate of drug-likeness (QED) is 0.890. The molecule has 0 aromatic heterocycles. The van der Waals surface area contributed by atoms with E-state index in [1.54, 1.807) is 0 Å². The fourth-order valence-electron chi connectivity index (χ4n) is 3.82. The number of halogens is 1. The van der Waals surface area contributed by atoms with Crippen LogP contribution >= 0.6 is 15.9 Å². The molecule has 1 aromatic rings. The van der Waals surface area contributed by atoms with Gasteiger partial charge >= 0.3 is 5.97 Å². The van der Waals surface area contributed by atoms with E-state index in [1.807, 2.05) is 0 Å². The first-order valence-electron chi connectivity index (χ1n) is 7.87. The summed E-state index contributed by atoms with van der Waals surface area (Å²) < 4.78 is 1.18. The molecule has 1 aliphatic carbocycles. The Labute approximate surface area is 134 Å². The number of hydrogen-bond donors (Lipinski definition) is 1. The van der Waals surface area contributed by atoms with E-state index in [4.69, 9.17) is 5.11 Å². The van der Waals surface area contributed by atoms with Crippen LogP contribution in [0.25, 0.3) is 0 Å². The summed E-state index contributed by atoms with van der Waals surface area (Å²) in [6.07, 6.45) is 5.87. The highest BCUT2D eigenvalue weighted by molar-refractivity contribution is 9.10. The lowest BCUT2D eigenvalue weighted by molar-refractivity contribution is -0.137. The van der Waals surface area contributed by atoms with Crippen molar-refractivity contribution < 1.29 is 9.90 Å². The van der Waals surface area contributed by atoms with Crippen molar-refractivity contribution in [3.63, 3.8) is 0 Å². The summed E-state index contributed by atoms with van der Waals surface area (Å²) in [6.45, 7) is 2.23. The first-order valence-corrected chi connectivity index (χ1v) is 8.67. The molecule has 1 fully saturated rings. The zero-order chi connectivity index (χ0) is 14.8. The van der Waals surface area contributed by atoms with Crippen molar-refractivity contribution >= 4 is 21.9 Å². The molecule has 3 rings (SSSR count). The molecular weight excluding hydrogens is 330 g/mol. The van der Waals surface area contributed by atoms with Crippen LogP contribution < -0.4 is 0 Å². The number of hydrogen-bond acceptors (Lipinski definition) is 2. The van der Waals surface area contributed by atoms with Crippen LogP contribution in [0.2, 0.25) is 0 Å². The first-order chi connectivity index (χ1) is 10.1. The first kappa shape index (κ1) is 15.0. The number of nitrogens with zero attached hydrogens (tertiary/aromatic N) is 1. The van der Waals surface area contributed by atoms with Gasteiger partial charge < -0.3 is 5.11 Å². The average molecular weight is 352 g/mol. The molecule has 114 valence electrons. The van der Waals surface area contributed by atoms with Crippen molar-refractivity contribution in [1.29, 1.82) is 0 Å². The van der Waals surface area contributed by atoms with Gasteiger partial charge in [0.25, 0.3) is 0 Å². The van der Waals surface area contributed by atoms with Crippen molar-refractivity contribution in [2.24, 2.45) is 5.92 Å². The Hall–Kier alpha value is -0.870. The normalized spacial score (nSPS) is 23.2. The van der Waals surface area contributed by atoms with E-state index in [-0.39, 0.29) is 0 Å². The SMILES string of the molecule is O=C(O)CCC1CCN(C2CCc3cc(Br)ccc32)CC1. The summed E-state index contributed by atoms with van der Waals surface area (Å²) in [6, 6.07) is 7.26. The largest absolute Gasteiger partial charge is 0.481 e. The molecular formula is C17H22BrNO2. The van der Waals surface area contributed by atoms with Crippen molar-refractivity contribution in [1.82, 2.24) is 4.90 Å². The van der Waals surface area contributed by atoms with Gasteiger partial charge in [0.2, 0.25) is 0 Å². The molecule has 1 aliphatic heterocycles. The number of benzene rings is 1. The Morgan fingerprint density at radius 3 is 2.76 bits per heavy atom. The lowest BCUT2D eigenvalue weighted by atomic mass is 9.91. The predicted octanol–water partition coefficient (Wildman–Crippen LogP) is 4.01. The number of carbonyl (C=O) groups is 1. The molecule has 1 atom stereocenters. The molecule has 0 bridgehead atoms. The van der Waals surface area contributed by atoms with Gasteiger partial charge in [0, 0.05) is 16.9 Å². The number of likely N-dealkylation sites (tertiary alicyclic amines) is 1. The lowest BCUT2D eigenvalue weighted by Gasteiger charge is -2.36. The molecule has 1 saturated heterocycles. The highest BCUT2D eigenvalue weighted by Crippen LogP contribution is 2.39. The second-order valence-corrected chi connectivity index (χ2v) is 7.23.